The van der Waals surface area contributed by atoms with E-state index in [0.29, 0.717) is 18.6 Å². The van der Waals surface area contributed by atoms with Crippen LogP contribution in [0.15, 0.2) is 6.33 Å². The van der Waals surface area contributed by atoms with Gasteiger partial charge < -0.3 is 10.1 Å². The van der Waals surface area contributed by atoms with Crippen LogP contribution in [0, 0.1) is 5.92 Å². The highest BCUT2D eigenvalue weighted by Gasteiger charge is 2.35. The molecular formula is C10H15N3O. The molecule has 4 heteroatoms. The summed E-state index contributed by atoms with van der Waals surface area (Å²) in [5.74, 6) is 0.476. The molecule has 4 nitrogen and oxygen atoms in total. The van der Waals surface area contributed by atoms with E-state index in [1.54, 1.807) is 6.33 Å². The summed E-state index contributed by atoms with van der Waals surface area (Å²) < 4.78 is 0. The molecule has 0 unspecified atom stereocenters. The highest BCUT2D eigenvalue weighted by molar-refractivity contribution is 5.17. The Hall–Kier alpha value is -0.870. The lowest BCUT2D eigenvalue weighted by molar-refractivity contribution is 0.203. The number of hydrogen-bond acceptors (Lipinski definition) is 3. The third-order valence-electron chi connectivity index (χ3n) is 3.47. The van der Waals surface area contributed by atoms with Gasteiger partial charge in [-0.3, -0.25) is 4.90 Å². The Morgan fingerprint density at radius 2 is 2.57 bits per heavy atom. The van der Waals surface area contributed by atoms with E-state index in [1.807, 2.05) is 0 Å². The summed E-state index contributed by atoms with van der Waals surface area (Å²) >= 11 is 0. The maximum absolute atomic E-state index is 9.13. The third kappa shape index (κ3) is 1.18. The second-order valence-corrected chi connectivity index (χ2v) is 4.40. The maximum atomic E-state index is 9.13. The van der Waals surface area contributed by atoms with Gasteiger partial charge in [0.25, 0.3) is 0 Å². The van der Waals surface area contributed by atoms with E-state index >= 15 is 0 Å². The zero-order chi connectivity index (χ0) is 9.54. The number of hydrogen-bond donors (Lipinski definition) is 2. The van der Waals surface area contributed by atoms with Gasteiger partial charge in [-0.05, 0) is 12.3 Å². The number of rotatable bonds is 1. The summed E-state index contributed by atoms with van der Waals surface area (Å²) in [4.78, 5) is 9.97. The van der Waals surface area contributed by atoms with Gasteiger partial charge >= 0.3 is 0 Å². The Balaban J connectivity index is 1.82. The second-order valence-electron chi connectivity index (χ2n) is 4.40. The van der Waals surface area contributed by atoms with Gasteiger partial charge in [0.1, 0.15) is 0 Å². The average molecular weight is 193 g/mol. The first-order valence-corrected chi connectivity index (χ1v) is 5.23. The number of aliphatic hydroxyl groups is 1. The largest absolute Gasteiger partial charge is 0.396 e. The maximum Gasteiger partial charge on any atom is 0.0925 e. The van der Waals surface area contributed by atoms with E-state index in [0.717, 1.165) is 25.9 Å². The molecule has 0 spiro atoms. The normalized spacial score (nSPS) is 31.5. The lowest BCUT2D eigenvalue weighted by Gasteiger charge is -2.28. The summed E-state index contributed by atoms with van der Waals surface area (Å²) in [6, 6.07) is 0.614. The number of nitrogens with zero attached hydrogens (tertiary/aromatic N) is 2. The smallest absolute Gasteiger partial charge is 0.0925 e. The molecule has 2 aliphatic rings. The van der Waals surface area contributed by atoms with E-state index in [2.05, 4.69) is 14.9 Å². The summed E-state index contributed by atoms with van der Waals surface area (Å²) in [5, 5.41) is 9.13. The lowest BCUT2D eigenvalue weighted by atomic mass is 10.0. The number of nitrogens with one attached hydrogen (secondary N) is 1. The summed E-state index contributed by atoms with van der Waals surface area (Å²) in [6.07, 6.45) is 3.97. The average Bonchev–Trinajstić information content (AvgIpc) is 2.77. The van der Waals surface area contributed by atoms with E-state index in [1.165, 1.54) is 11.4 Å². The minimum atomic E-state index is 0.328. The molecule has 3 rings (SSSR count). The van der Waals surface area contributed by atoms with Crippen LogP contribution in [0.3, 0.4) is 0 Å². The molecule has 0 bridgehead atoms. The van der Waals surface area contributed by atoms with Crippen LogP contribution >= 0.6 is 0 Å². The first-order chi connectivity index (χ1) is 6.86. The molecule has 2 aliphatic heterocycles. The van der Waals surface area contributed by atoms with E-state index in [-0.39, 0.29) is 0 Å². The fraction of sp³-hybridized carbons (Fsp3) is 0.700. The summed E-state index contributed by atoms with van der Waals surface area (Å²) in [7, 11) is 0. The SMILES string of the molecule is OC[C@H]1C[C@H]2Cc3nc[nH]c3CN2C1. The lowest BCUT2D eigenvalue weighted by Crippen LogP contribution is -2.35. The highest BCUT2D eigenvalue weighted by Crippen LogP contribution is 2.31. The number of H-pyrrole nitrogens is 1. The number of fused-ring (bicyclic) bond motifs is 2. The van der Waals surface area contributed by atoms with Gasteiger partial charge in [-0.15, -0.1) is 0 Å². The number of imidazole rings is 1. The predicted molar refractivity (Wildman–Crippen MR) is 51.7 cm³/mol. The van der Waals surface area contributed by atoms with Crippen molar-refractivity contribution in [1.29, 1.82) is 0 Å². The van der Waals surface area contributed by atoms with Crippen molar-refractivity contribution in [2.75, 3.05) is 13.2 Å². The topological polar surface area (TPSA) is 52.2 Å². The number of aliphatic hydroxyl groups excluding tert-OH is 1. The Bertz CT molecular complexity index is 307. The first-order valence-electron chi connectivity index (χ1n) is 5.23. The van der Waals surface area contributed by atoms with Crippen molar-refractivity contribution >= 4 is 0 Å². The van der Waals surface area contributed by atoms with Gasteiger partial charge in [0, 0.05) is 32.2 Å². The zero-order valence-corrected chi connectivity index (χ0v) is 8.11. The molecule has 0 aromatic carbocycles. The Kier molecular flexibility index (Phi) is 1.85. The molecule has 2 atom stereocenters. The van der Waals surface area contributed by atoms with Gasteiger partial charge in [-0.2, -0.15) is 0 Å². The first kappa shape index (κ1) is 8.44. The minimum Gasteiger partial charge on any atom is -0.396 e. The quantitative estimate of drug-likeness (QED) is 0.667. The molecule has 0 aliphatic carbocycles. The van der Waals surface area contributed by atoms with Crippen LogP contribution < -0.4 is 0 Å². The van der Waals surface area contributed by atoms with Gasteiger partial charge in [-0.1, -0.05) is 0 Å². The molecule has 2 N–H and O–H groups in total. The molecule has 14 heavy (non-hydrogen) atoms. The van der Waals surface area contributed by atoms with Crippen LogP contribution in [0.1, 0.15) is 17.8 Å². The fourth-order valence-corrected chi connectivity index (χ4v) is 2.72. The van der Waals surface area contributed by atoms with Crippen LogP contribution in [-0.4, -0.2) is 39.2 Å². The van der Waals surface area contributed by atoms with Crippen LogP contribution in [0.4, 0.5) is 0 Å². The zero-order valence-electron chi connectivity index (χ0n) is 8.11. The fourth-order valence-electron chi connectivity index (χ4n) is 2.72. The highest BCUT2D eigenvalue weighted by atomic mass is 16.3. The molecule has 1 aromatic rings. The number of aromatic amines is 1. The Labute approximate surface area is 83.0 Å². The van der Waals surface area contributed by atoms with Gasteiger partial charge in [-0.25, -0.2) is 4.98 Å². The van der Waals surface area contributed by atoms with Gasteiger partial charge in [0.15, 0.2) is 0 Å². The molecule has 0 amide bonds. The monoisotopic (exact) mass is 193 g/mol. The van der Waals surface area contributed by atoms with Crippen molar-refractivity contribution in [1.82, 2.24) is 14.9 Å². The van der Waals surface area contributed by atoms with Crippen LogP contribution in [0.25, 0.3) is 0 Å². The Morgan fingerprint density at radius 1 is 1.64 bits per heavy atom. The third-order valence-corrected chi connectivity index (χ3v) is 3.47. The molecule has 1 fully saturated rings. The standard InChI is InChI=1S/C10H15N3O/c14-5-7-1-8-2-9-10(12-6-11-9)4-13(8)3-7/h6-8,14H,1-5H2,(H,11,12)/t7-,8-/m0/s1. The van der Waals surface area contributed by atoms with Crippen molar-refractivity contribution in [2.45, 2.75) is 25.4 Å². The van der Waals surface area contributed by atoms with Crippen molar-refractivity contribution in [2.24, 2.45) is 5.92 Å². The molecule has 0 saturated carbocycles. The van der Waals surface area contributed by atoms with Crippen LogP contribution in [0.2, 0.25) is 0 Å². The van der Waals surface area contributed by atoms with Gasteiger partial charge in [0.05, 0.1) is 17.7 Å². The molecular weight excluding hydrogens is 178 g/mol. The second kappa shape index (κ2) is 3.07. The summed E-state index contributed by atoms with van der Waals surface area (Å²) in [5.41, 5.74) is 2.49. The van der Waals surface area contributed by atoms with Crippen molar-refractivity contribution < 1.29 is 5.11 Å². The van der Waals surface area contributed by atoms with Crippen LogP contribution in [-0.2, 0) is 13.0 Å². The summed E-state index contributed by atoms with van der Waals surface area (Å²) in [6.45, 7) is 2.35. The molecule has 3 heterocycles. The Morgan fingerprint density at radius 3 is 3.43 bits per heavy atom. The van der Waals surface area contributed by atoms with E-state index < -0.39 is 0 Å². The molecule has 1 aromatic heterocycles. The van der Waals surface area contributed by atoms with Crippen molar-refractivity contribution in [3.05, 3.63) is 17.7 Å². The van der Waals surface area contributed by atoms with Gasteiger partial charge in [0.2, 0.25) is 0 Å². The molecule has 1 saturated heterocycles. The van der Waals surface area contributed by atoms with Crippen molar-refractivity contribution in [3.8, 4) is 0 Å². The van der Waals surface area contributed by atoms with Crippen molar-refractivity contribution in [3.63, 3.8) is 0 Å². The predicted octanol–water partition coefficient (Wildman–Crippen LogP) is 0.149. The van der Waals surface area contributed by atoms with Crippen LogP contribution in [0.5, 0.6) is 0 Å². The van der Waals surface area contributed by atoms with E-state index in [4.69, 9.17) is 5.11 Å². The molecule has 76 valence electrons. The molecule has 0 radical (unpaired) electrons. The number of aromatic nitrogens is 2. The van der Waals surface area contributed by atoms with E-state index in [9.17, 15) is 0 Å². The minimum absolute atomic E-state index is 0.328.